The molecule has 4 nitrogen and oxygen atoms in total. The summed E-state index contributed by atoms with van der Waals surface area (Å²) in [5.41, 5.74) is 2.49. The number of thioether (sulfide) groups is 1. The van der Waals surface area contributed by atoms with E-state index in [1.165, 1.54) is 6.92 Å². The minimum Gasteiger partial charge on any atom is -0.326 e. The van der Waals surface area contributed by atoms with Gasteiger partial charge in [-0.05, 0) is 23.8 Å². The molecule has 0 unspecified atom stereocenters. The molecule has 0 atom stereocenters. The van der Waals surface area contributed by atoms with Gasteiger partial charge in [0.25, 0.3) is 0 Å². The van der Waals surface area contributed by atoms with Crippen molar-refractivity contribution in [1.82, 2.24) is 0 Å². The van der Waals surface area contributed by atoms with Crippen molar-refractivity contribution in [1.29, 1.82) is 0 Å². The molecule has 0 aromatic heterocycles. The molecule has 24 heavy (non-hydrogen) atoms. The molecule has 0 bridgehead atoms. The van der Waals surface area contributed by atoms with E-state index in [2.05, 4.69) is 10.6 Å². The minimum atomic E-state index is -0.140. The molecule has 2 N–H and O–H groups in total. The van der Waals surface area contributed by atoms with Gasteiger partial charge in [0.1, 0.15) is 0 Å². The van der Waals surface area contributed by atoms with Crippen LogP contribution in [0.15, 0.2) is 60.7 Å². The Bertz CT molecular complexity index is 714. The number of nitrogens with one attached hydrogen (secondary N) is 2. The van der Waals surface area contributed by atoms with E-state index in [1.807, 2.05) is 42.5 Å². The second kappa shape index (κ2) is 9.57. The van der Waals surface area contributed by atoms with Crippen molar-refractivity contribution in [2.75, 3.05) is 22.1 Å². The maximum atomic E-state index is 11.9. The Labute approximate surface area is 146 Å². The molecule has 124 valence electrons. The fraction of sp³-hybridized carbons (Fsp3) is 0.158. The molecule has 2 aromatic rings. The van der Waals surface area contributed by atoms with E-state index < -0.39 is 0 Å². The van der Waals surface area contributed by atoms with Gasteiger partial charge >= 0.3 is 0 Å². The number of rotatable bonds is 7. The van der Waals surface area contributed by atoms with Crippen LogP contribution >= 0.6 is 11.8 Å². The first kappa shape index (κ1) is 17.8. The largest absolute Gasteiger partial charge is 0.326 e. The summed E-state index contributed by atoms with van der Waals surface area (Å²) in [4.78, 5) is 23.0. The predicted octanol–water partition coefficient (Wildman–Crippen LogP) is 4.03. The van der Waals surface area contributed by atoms with E-state index >= 15 is 0 Å². The molecule has 0 radical (unpaired) electrons. The standard InChI is InChI=1S/C19H20N2O2S/c1-15(22)20-17-10-5-11-18(13-17)21-19(23)14-24-12-6-9-16-7-3-2-4-8-16/h2-11,13H,12,14H2,1H3,(H,20,22)(H,21,23). The van der Waals surface area contributed by atoms with Crippen molar-refractivity contribution in [3.05, 3.63) is 66.2 Å². The van der Waals surface area contributed by atoms with Crippen LogP contribution < -0.4 is 10.6 Å². The van der Waals surface area contributed by atoms with Crippen LogP contribution in [0.5, 0.6) is 0 Å². The van der Waals surface area contributed by atoms with Gasteiger partial charge in [0.05, 0.1) is 5.75 Å². The maximum absolute atomic E-state index is 11.9. The van der Waals surface area contributed by atoms with Crippen LogP contribution in [0, 0.1) is 0 Å². The van der Waals surface area contributed by atoms with Crippen molar-refractivity contribution < 1.29 is 9.59 Å². The molecular weight excluding hydrogens is 320 g/mol. The zero-order valence-electron chi connectivity index (χ0n) is 13.5. The fourth-order valence-electron chi connectivity index (χ4n) is 2.04. The van der Waals surface area contributed by atoms with Gasteiger partial charge in [-0.2, -0.15) is 0 Å². The van der Waals surface area contributed by atoms with Gasteiger partial charge < -0.3 is 10.6 Å². The molecule has 5 heteroatoms. The second-order valence-electron chi connectivity index (χ2n) is 5.14. The number of benzene rings is 2. The summed E-state index contributed by atoms with van der Waals surface area (Å²) < 4.78 is 0. The zero-order valence-corrected chi connectivity index (χ0v) is 14.3. The highest BCUT2D eigenvalue weighted by molar-refractivity contribution is 8.00. The quantitative estimate of drug-likeness (QED) is 0.748. The van der Waals surface area contributed by atoms with Gasteiger partial charge in [0.2, 0.25) is 11.8 Å². The number of hydrogen-bond donors (Lipinski definition) is 2. The van der Waals surface area contributed by atoms with Crippen LogP contribution in [0.1, 0.15) is 12.5 Å². The third-order valence-corrected chi connectivity index (χ3v) is 3.92. The predicted molar refractivity (Wildman–Crippen MR) is 102 cm³/mol. The SMILES string of the molecule is CC(=O)Nc1cccc(NC(=O)CSCC=Cc2ccccc2)c1. The first-order valence-electron chi connectivity index (χ1n) is 7.60. The molecule has 0 spiro atoms. The molecule has 0 saturated carbocycles. The molecule has 0 saturated heterocycles. The number of anilines is 2. The lowest BCUT2D eigenvalue weighted by Crippen LogP contribution is -2.14. The lowest BCUT2D eigenvalue weighted by Gasteiger charge is -2.07. The Hall–Kier alpha value is -2.53. The smallest absolute Gasteiger partial charge is 0.234 e. The molecule has 0 heterocycles. The summed E-state index contributed by atoms with van der Waals surface area (Å²) in [5.74, 6) is 0.949. The average molecular weight is 340 g/mol. The van der Waals surface area contributed by atoms with Crippen molar-refractivity contribution in [2.45, 2.75) is 6.92 Å². The minimum absolute atomic E-state index is 0.0620. The normalized spacial score (nSPS) is 10.5. The summed E-state index contributed by atoms with van der Waals surface area (Å²) in [6.45, 7) is 1.45. The number of carbonyl (C=O) groups excluding carboxylic acids is 2. The van der Waals surface area contributed by atoms with Crippen LogP contribution in [-0.4, -0.2) is 23.3 Å². The van der Waals surface area contributed by atoms with E-state index in [9.17, 15) is 9.59 Å². The first-order valence-corrected chi connectivity index (χ1v) is 8.76. The lowest BCUT2D eigenvalue weighted by atomic mass is 10.2. The number of carbonyl (C=O) groups is 2. The van der Waals surface area contributed by atoms with E-state index in [0.717, 1.165) is 11.3 Å². The molecule has 0 aliphatic heterocycles. The number of hydrogen-bond acceptors (Lipinski definition) is 3. The highest BCUT2D eigenvalue weighted by Crippen LogP contribution is 2.15. The first-order chi connectivity index (χ1) is 11.6. The Morgan fingerprint density at radius 3 is 2.42 bits per heavy atom. The van der Waals surface area contributed by atoms with E-state index in [4.69, 9.17) is 0 Å². The fourth-order valence-corrected chi connectivity index (χ4v) is 2.65. The maximum Gasteiger partial charge on any atom is 0.234 e. The summed E-state index contributed by atoms with van der Waals surface area (Å²) in [7, 11) is 0. The van der Waals surface area contributed by atoms with Gasteiger partial charge in [-0.25, -0.2) is 0 Å². The van der Waals surface area contributed by atoms with E-state index in [-0.39, 0.29) is 11.8 Å². The molecule has 0 aliphatic carbocycles. The van der Waals surface area contributed by atoms with Crippen LogP contribution in [0.25, 0.3) is 6.08 Å². The topological polar surface area (TPSA) is 58.2 Å². The Morgan fingerprint density at radius 2 is 1.71 bits per heavy atom. The zero-order chi connectivity index (χ0) is 17.2. The van der Waals surface area contributed by atoms with Gasteiger partial charge in [-0.3, -0.25) is 9.59 Å². The van der Waals surface area contributed by atoms with Crippen LogP contribution in [0.3, 0.4) is 0 Å². The Kier molecular flexibility index (Phi) is 7.11. The summed E-state index contributed by atoms with van der Waals surface area (Å²) in [5, 5.41) is 5.52. The number of amides is 2. The third kappa shape index (κ3) is 6.71. The van der Waals surface area contributed by atoms with E-state index in [0.29, 0.717) is 17.1 Å². The molecule has 0 fully saturated rings. The monoisotopic (exact) mass is 340 g/mol. The van der Waals surface area contributed by atoms with Crippen LogP contribution in [0.2, 0.25) is 0 Å². The van der Waals surface area contributed by atoms with Crippen molar-refractivity contribution in [2.24, 2.45) is 0 Å². The van der Waals surface area contributed by atoms with Gasteiger partial charge in [0.15, 0.2) is 0 Å². The summed E-state index contributed by atoms with van der Waals surface area (Å²) in [6.07, 6.45) is 4.09. The summed E-state index contributed by atoms with van der Waals surface area (Å²) >= 11 is 1.55. The van der Waals surface area contributed by atoms with Crippen molar-refractivity contribution >= 4 is 41.0 Å². The van der Waals surface area contributed by atoms with Crippen LogP contribution in [-0.2, 0) is 9.59 Å². The molecular formula is C19H20N2O2S. The Balaban J connectivity index is 1.73. The highest BCUT2D eigenvalue weighted by atomic mass is 32.2. The molecule has 0 aliphatic rings. The highest BCUT2D eigenvalue weighted by Gasteiger charge is 2.03. The van der Waals surface area contributed by atoms with E-state index in [1.54, 1.807) is 36.0 Å². The lowest BCUT2D eigenvalue weighted by molar-refractivity contribution is -0.114. The van der Waals surface area contributed by atoms with Gasteiger partial charge in [0, 0.05) is 24.1 Å². The molecule has 2 aromatic carbocycles. The Morgan fingerprint density at radius 1 is 1.00 bits per heavy atom. The van der Waals surface area contributed by atoms with Crippen LogP contribution in [0.4, 0.5) is 11.4 Å². The summed E-state index contributed by atoms with van der Waals surface area (Å²) in [6, 6.07) is 17.1. The third-order valence-electron chi connectivity index (χ3n) is 3.02. The average Bonchev–Trinajstić information content (AvgIpc) is 2.55. The molecule has 2 rings (SSSR count). The van der Waals surface area contributed by atoms with Crippen molar-refractivity contribution in [3.63, 3.8) is 0 Å². The van der Waals surface area contributed by atoms with Crippen molar-refractivity contribution in [3.8, 4) is 0 Å². The molecule has 2 amide bonds. The van der Waals surface area contributed by atoms with Gasteiger partial charge in [-0.1, -0.05) is 48.6 Å². The second-order valence-corrected chi connectivity index (χ2v) is 6.17. The van der Waals surface area contributed by atoms with Gasteiger partial charge in [-0.15, -0.1) is 11.8 Å².